The van der Waals surface area contributed by atoms with Crippen LogP contribution in [-0.4, -0.2) is 54.1 Å². The first-order valence-electron chi connectivity index (χ1n) is 10.2. The number of hydrogen-bond donors (Lipinski definition) is 2. The lowest BCUT2D eigenvalue weighted by molar-refractivity contribution is 0.0533. The van der Waals surface area contributed by atoms with Crippen LogP contribution < -0.4 is 5.32 Å². The first-order valence-corrected chi connectivity index (χ1v) is 10.2. The van der Waals surface area contributed by atoms with Crippen LogP contribution in [-0.2, 0) is 0 Å². The molecule has 1 fully saturated rings. The number of anilines is 1. The zero-order valence-corrected chi connectivity index (χ0v) is 17.7. The van der Waals surface area contributed by atoms with E-state index in [9.17, 15) is 14.0 Å². The highest BCUT2D eigenvalue weighted by molar-refractivity contribution is 6.04. The van der Waals surface area contributed by atoms with Gasteiger partial charge in [0.25, 0.3) is 5.91 Å². The van der Waals surface area contributed by atoms with Gasteiger partial charge in [0.1, 0.15) is 17.2 Å². The molecule has 2 unspecified atom stereocenters. The zero-order chi connectivity index (χ0) is 23.3. The van der Waals surface area contributed by atoms with E-state index in [1.165, 1.54) is 17.2 Å². The molecule has 2 amide bonds. The number of aromatic nitrogens is 4. The number of likely N-dealkylation sites (tertiary alicyclic amines) is 1. The maximum absolute atomic E-state index is 14.7. The highest BCUT2D eigenvalue weighted by Gasteiger charge is 2.43. The van der Waals surface area contributed by atoms with Gasteiger partial charge < -0.3 is 19.8 Å². The number of nitrogens with one attached hydrogen (secondary N) is 1. The monoisotopic (exact) mass is 450 g/mol. The topological polar surface area (TPSA) is 126 Å². The smallest absolute Gasteiger partial charge is 0.407 e. The summed E-state index contributed by atoms with van der Waals surface area (Å²) in [6, 6.07) is 7.91. The summed E-state index contributed by atoms with van der Waals surface area (Å²) in [5.41, 5.74) is 1.77. The Morgan fingerprint density at radius 2 is 2.12 bits per heavy atom. The van der Waals surface area contributed by atoms with Gasteiger partial charge in [-0.15, -0.1) is 0 Å². The minimum Gasteiger partial charge on any atom is -0.465 e. The fourth-order valence-electron chi connectivity index (χ4n) is 3.87. The van der Waals surface area contributed by atoms with Crippen LogP contribution in [0.15, 0.2) is 47.2 Å². The fraction of sp³-hybridized carbons (Fsp3) is 0.227. The van der Waals surface area contributed by atoms with Gasteiger partial charge in [-0.3, -0.25) is 9.20 Å². The molecule has 10 nitrogen and oxygen atoms in total. The van der Waals surface area contributed by atoms with Crippen molar-refractivity contribution in [2.45, 2.75) is 25.8 Å². The number of carboxylic acid groups (broad SMARTS) is 1. The molecule has 0 bridgehead atoms. The molecule has 1 saturated heterocycles. The molecule has 4 heterocycles. The molecule has 2 atom stereocenters. The number of imidazole rings is 1. The largest absolute Gasteiger partial charge is 0.465 e. The van der Waals surface area contributed by atoms with Gasteiger partial charge in [-0.25, -0.2) is 14.2 Å². The second-order valence-corrected chi connectivity index (χ2v) is 7.90. The average Bonchev–Trinajstić information content (AvgIpc) is 3.43. The van der Waals surface area contributed by atoms with E-state index >= 15 is 0 Å². The van der Waals surface area contributed by atoms with Crippen LogP contribution in [0.1, 0.15) is 34.8 Å². The van der Waals surface area contributed by atoms with Crippen molar-refractivity contribution in [2.75, 3.05) is 11.9 Å². The van der Waals surface area contributed by atoms with Gasteiger partial charge in [0.05, 0.1) is 12.1 Å². The molecule has 2 N–H and O–H groups in total. The first kappa shape index (κ1) is 20.6. The number of carbonyl (C=O) groups is 2. The van der Waals surface area contributed by atoms with Gasteiger partial charge in [0, 0.05) is 35.6 Å². The number of fused-ring (bicyclic) bond motifs is 1. The lowest BCUT2D eigenvalue weighted by atomic mass is 9.90. The fourth-order valence-corrected chi connectivity index (χ4v) is 3.87. The summed E-state index contributed by atoms with van der Waals surface area (Å²) in [6.45, 7) is 3.56. The van der Waals surface area contributed by atoms with E-state index in [1.807, 2.05) is 6.07 Å². The summed E-state index contributed by atoms with van der Waals surface area (Å²) < 4.78 is 21.6. The molecule has 0 saturated carbocycles. The highest BCUT2D eigenvalue weighted by atomic mass is 19.1. The Kier molecular flexibility index (Phi) is 4.81. The van der Waals surface area contributed by atoms with Gasteiger partial charge >= 0.3 is 6.09 Å². The molecule has 1 aliphatic rings. The number of carbonyl (C=O) groups excluding carboxylic acids is 1. The number of rotatable bonds is 4. The highest BCUT2D eigenvalue weighted by Crippen LogP contribution is 2.34. The molecular formula is C22H19FN6O4. The van der Waals surface area contributed by atoms with Gasteiger partial charge in [0.2, 0.25) is 11.7 Å². The van der Waals surface area contributed by atoms with Crippen LogP contribution in [0.3, 0.4) is 0 Å². The SMILES string of the molecule is Cc1c(F)cc(-c2noc(C3CN(C(=O)O)C3C)n2)cc1NC(=O)c1cnc2ccccn12. The van der Waals surface area contributed by atoms with Crippen LogP contribution in [0.5, 0.6) is 0 Å². The van der Waals surface area contributed by atoms with Gasteiger partial charge in [-0.1, -0.05) is 11.2 Å². The number of halogens is 1. The van der Waals surface area contributed by atoms with Crippen LogP contribution in [0, 0.1) is 12.7 Å². The van der Waals surface area contributed by atoms with E-state index in [-0.39, 0.29) is 41.5 Å². The molecule has 0 spiro atoms. The molecule has 0 radical (unpaired) electrons. The third-order valence-corrected chi connectivity index (χ3v) is 5.97. The number of benzene rings is 1. The Morgan fingerprint density at radius 3 is 2.88 bits per heavy atom. The zero-order valence-electron chi connectivity index (χ0n) is 17.7. The lowest BCUT2D eigenvalue weighted by Gasteiger charge is -2.42. The van der Waals surface area contributed by atoms with Crippen LogP contribution in [0.2, 0.25) is 0 Å². The van der Waals surface area contributed by atoms with E-state index in [0.29, 0.717) is 16.9 Å². The number of nitrogens with zero attached hydrogens (tertiary/aromatic N) is 5. The molecule has 1 aliphatic heterocycles. The standard InChI is InChI=1S/C22H19FN6O4/c1-11-15(23)7-13(19-26-21(33-27-19)14-10-29(12(14)2)22(31)32)8-16(11)25-20(30)17-9-24-18-5-3-4-6-28(17)18/h3-9,12,14H,10H2,1-2H3,(H,25,30)(H,31,32). The van der Waals surface area contributed by atoms with Crippen molar-refractivity contribution in [3.05, 3.63) is 65.7 Å². The molecule has 4 aromatic rings. The van der Waals surface area contributed by atoms with Crippen molar-refractivity contribution >= 4 is 23.3 Å². The Bertz CT molecular complexity index is 1400. The minimum absolute atomic E-state index is 0.148. The van der Waals surface area contributed by atoms with Crippen molar-refractivity contribution in [1.29, 1.82) is 0 Å². The molecule has 11 heteroatoms. The predicted octanol–water partition coefficient (Wildman–Crippen LogP) is 3.55. The summed E-state index contributed by atoms with van der Waals surface area (Å²) in [7, 11) is 0. The summed E-state index contributed by atoms with van der Waals surface area (Å²) in [5.74, 6) is -0.782. The normalized spacial score (nSPS) is 17.7. The third-order valence-electron chi connectivity index (χ3n) is 5.97. The average molecular weight is 450 g/mol. The summed E-state index contributed by atoms with van der Waals surface area (Å²) in [4.78, 5) is 33.8. The summed E-state index contributed by atoms with van der Waals surface area (Å²) in [5, 5.41) is 15.8. The second kappa shape index (κ2) is 7.69. The van der Waals surface area contributed by atoms with E-state index < -0.39 is 17.8 Å². The van der Waals surface area contributed by atoms with Crippen molar-refractivity contribution in [1.82, 2.24) is 24.4 Å². The van der Waals surface area contributed by atoms with Crippen molar-refractivity contribution in [3.63, 3.8) is 0 Å². The number of hydrogen-bond acceptors (Lipinski definition) is 6. The van der Waals surface area contributed by atoms with E-state index in [0.717, 1.165) is 0 Å². The predicted molar refractivity (Wildman–Crippen MR) is 115 cm³/mol. The molecular weight excluding hydrogens is 431 g/mol. The van der Waals surface area contributed by atoms with Gasteiger partial charge in [-0.05, 0) is 38.1 Å². The Morgan fingerprint density at radius 1 is 1.30 bits per heavy atom. The van der Waals surface area contributed by atoms with E-state index in [4.69, 9.17) is 9.63 Å². The molecule has 33 heavy (non-hydrogen) atoms. The Hall–Kier alpha value is -4.28. The van der Waals surface area contributed by atoms with E-state index in [2.05, 4.69) is 20.4 Å². The quantitative estimate of drug-likeness (QED) is 0.487. The third kappa shape index (κ3) is 3.47. The van der Waals surface area contributed by atoms with Gasteiger partial charge in [0.15, 0.2) is 0 Å². The molecule has 168 valence electrons. The number of pyridine rings is 1. The maximum atomic E-state index is 14.7. The van der Waals surface area contributed by atoms with Crippen LogP contribution in [0.25, 0.3) is 17.0 Å². The van der Waals surface area contributed by atoms with E-state index in [1.54, 1.807) is 42.6 Å². The Balaban J connectivity index is 1.41. The first-order chi connectivity index (χ1) is 15.8. The van der Waals surface area contributed by atoms with Crippen LogP contribution in [0.4, 0.5) is 14.9 Å². The molecule has 5 rings (SSSR count). The van der Waals surface area contributed by atoms with Crippen LogP contribution >= 0.6 is 0 Å². The maximum Gasteiger partial charge on any atom is 0.407 e. The van der Waals surface area contributed by atoms with Crippen molar-refractivity contribution in [2.24, 2.45) is 0 Å². The second-order valence-electron chi connectivity index (χ2n) is 7.90. The summed E-state index contributed by atoms with van der Waals surface area (Å²) in [6.07, 6.45) is 2.16. The minimum atomic E-state index is -1.01. The van der Waals surface area contributed by atoms with Gasteiger partial charge in [-0.2, -0.15) is 4.98 Å². The lowest BCUT2D eigenvalue weighted by Crippen LogP contribution is -2.55. The Labute approximate surface area is 186 Å². The summed E-state index contributed by atoms with van der Waals surface area (Å²) >= 11 is 0. The molecule has 0 aliphatic carbocycles. The van der Waals surface area contributed by atoms with Crippen molar-refractivity contribution < 1.29 is 23.6 Å². The number of amides is 2. The van der Waals surface area contributed by atoms with Crippen molar-refractivity contribution in [3.8, 4) is 11.4 Å². The molecule has 3 aromatic heterocycles. The molecule has 1 aromatic carbocycles.